The van der Waals surface area contributed by atoms with Crippen LogP contribution < -0.4 is 16.0 Å². The smallest absolute Gasteiger partial charge is 0.243 e. The van der Waals surface area contributed by atoms with E-state index in [1.165, 1.54) is 0 Å². The van der Waals surface area contributed by atoms with Crippen molar-refractivity contribution in [1.29, 1.82) is 0 Å². The fourth-order valence-electron chi connectivity index (χ4n) is 2.32. The average Bonchev–Trinajstić information content (AvgIpc) is 2.51. The molecule has 0 aromatic carbocycles. The van der Waals surface area contributed by atoms with E-state index in [1.54, 1.807) is 0 Å². The second-order valence-electron chi connectivity index (χ2n) is 4.55. The van der Waals surface area contributed by atoms with Gasteiger partial charge in [-0.1, -0.05) is 0 Å². The van der Waals surface area contributed by atoms with Crippen LogP contribution in [0.15, 0.2) is 0 Å². The third kappa shape index (κ3) is 3.02. The molecular formula is C11H19N3O2. The molecular weight excluding hydrogens is 206 g/mol. The third-order valence-electron chi connectivity index (χ3n) is 3.25. The number of hydrogen-bond donors (Lipinski definition) is 3. The zero-order valence-corrected chi connectivity index (χ0v) is 9.42. The van der Waals surface area contributed by atoms with Gasteiger partial charge in [-0.15, -0.1) is 0 Å². The molecule has 16 heavy (non-hydrogen) atoms. The van der Waals surface area contributed by atoms with Gasteiger partial charge in [0.25, 0.3) is 0 Å². The number of carbonyl (C=O) groups excluding carboxylic acids is 2. The molecule has 2 saturated heterocycles. The number of nitrogens with one attached hydrogen (secondary N) is 3. The monoisotopic (exact) mass is 225 g/mol. The zero-order chi connectivity index (χ0) is 11.4. The van der Waals surface area contributed by atoms with Crippen LogP contribution in [0.5, 0.6) is 0 Å². The third-order valence-corrected chi connectivity index (χ3v) is 3.25. The lowest BCUT2D eigenvalue weighted by Crippen LogP contribution is -2.53. The van der Waals surface area contributed by atoms with Crippen molar-refractivity contribution in [2.45, 2.75) is 44.2 Å². The van der Waals surface area contributed by atoms with E-state index in [9.17, 15) is 9.59 Å². The normalized spacial score (nSPS) is 32.0. The Morgan fingerprint density at radius 3 is 2.81 bits per heavy atom. The van der Waals surface area contributed by atoms with Gasteiger partial charge in [-0.3, -0.25) is 14.9 Å². The molecule has 0 aromatic rings. The van der Waals surface area contributed by atoms with Crippen LogP contribution in [0.1, 0.15) is 32.1 Å². The van der Waals surface area contributed by atoms with E-state index in [1.807, 2.05) is 0 Å². The number of imide groups is 1. The lowest BCUT2D eigenvalue weighted by molar-refractivity contribution is -0.134. The fourth-order valence-corrected chi connectivity index (χ4v) is 2.32. The van der Waals surface area contributed by atoms with Gasteiger partial charge in [0, 0.05) is 12.5 Å². The van der Waals surface area contributed by atoms with Crippen molar-refractivity contribution in [3.05, 3.63) is 0 Å². The van der Waals surface area contributed by atoms with Crippen LogP contribution in [0, 0.1) is 0 Å². The summed E-state index contributed by atoms with van der Waals surface area (Å²) in [6.45, 7) is 2.07. The minimum absolute atomic E-state index is 0.148. The minimum atomic E-state index is -0.180. The number of rotatable bonds is 2. The zero-order valence-electron chi connectivity index (χ0n) is 9.42. The Morgan fingerprint density at radius 2 is 2.00 bits per heavy atom. The highest BCUT2D eigenvalue weighted by atomic mass is 16.2. The molecule has 90 valence electrons. The Morgan fingerprint density at radius 1 is 1.12 bits per heavy atom. The Bertz CT molecular complexity index is 272. The molecule has 3 N–H and O–H groups in total. The van der Waals surface area contributed by atoms with Gasteiger partial charge in [-0.25, -0.2) is 0 Å². The lowest BCUT2D eigenvalue weighted by Gasteiger charge is -2.26. The van der Waals surface area contributed by atoms with Crippen molar-refractivity contribution in [3.8, 4) is 0 Å². The Kier molecular flexibility index (Phi) is 3.90. The summed E-state index contributed by atoms with van der Waals surface area (Å²) in [4.78, 5) is 22.6. The first-order chi connectivity index (χ1) is 7.75. The second kappa shape index (κ2) is 5.41. The maximum atomic E-state index is 11.6. The molecule has 5 heteroatoms. The van der Waals surface area contributed by atoms with Crippen LogP contribution in [0.25, 0.3) is 0 Å². The molecule has 2 unspecified atom stereocenters. The van der Waals surface area contributed by atoms with Crippen molar-refractivity contribution in [2.75, 3.05) is 13.1 Å². The Labute approximate surface area is 95.3 Å². The van der Waals surface area contributed by atoms with Crippen LogP contribution in [0.3, 0.4) is 0 Å². The van der Waals surface area contributed by atoms with Crippen LogP contribution >= 0.6 is 0 Å². The van der Waals surface area contributed by atoms with E-state index in [0.29, 0.717) is 18.9 Å². The molecule has 0 spiro atoms. The highest BCUT2D eigenvalue weighted by Crippen LogP contribution is 2.10. The van der Waals surface area contributed by atoms with Crippen LogP contribution in [0.4, 0.5) is 0 Å². The van der Waals surface area contributed by atoms with Gasteiger partial charge in [0.2, 0.25) is 11.8 Å². The molecule has 2 rings (SSSR count). The van der Waals surface area contributed by atoms with Gasteiger partial charge < -0.3 is 10.6 Å². The van der Waals surface area contributed by atoms with E-state index in [-0.39, 0.29) is 17.9 Å². The summed E-state index contributed by atoms with van der Waals surface area (Å²) >= 11 is 0. The molecule has 2 fully saturated rings. The number of piperidine rings is 1. The number of carbonyl (C=O) groups is 2. The summed E-state index contributed by atoms with van der Waals surface area (Å²) in [5.74, 6) is -0.306. The summed E-state index contributed by atoms with van der Waals surface area (Å²) in [5.41, 5.74) is 0. The predicted octanol–water partition coefficient (Wildman–Crippen LogP) is -0.477. The maximum Gasteiger partial charge on any atom is 0.243 e. The van der Waals surface area contributed by atoms with Gasteiger partial charge in [-0.05, 0) is 38.8 Å². The molecule has 5 nitrogen and oxygen atoms in total. The first kappa shape index (κ1) is 11.5. The van der Waals surface area contributed by atoms with Gasteiger partial charge in [-0.2, -0.15) is 0 Å². The van der Waals surface area contributed by atoms with Crippen molar-refractivity contribution in [1.82, 2.24) is 16.0 Å². The first-order valence-electron chi connectivity index (χ1n) is 6.06. The molecule has 2 atom stereocenters. The van der Waals surface area contributed by atoms with E-state index in [4.69, 9.17) is 0 Å². The Hall–Kier alpha value is -0.940. The lowest BCUT2D eigenvalue weighted by atomic mass is 10.0. The molecule has 2 aliphatic heterocycles. The molecule has 2 amide bonds. The summed E-state index contributed by atoms with van der Waals surface area (Å²) in [6, 6.07) is 0.222. The van der Waals surface area contributed by atoms with E-state index in [0.717, 1.165) is 32.4 Å². The molecule has 2 aliphatic rings. The summed E-state index contributed by atoms with van der Waals surface area (Å²) in [6.07, 6.45) is 4.39. The summed E-state index contributed by atoms with van der Waals surface area (Å²) in [7, 11) is 0. The second-order valence-corrected chi connectivity index (χ2v) is 4.55. The maximum absolute atomic E-state index is 11.6. The van der Waals surface area contributed by atoms with E-state index in [2.05, 4.69) is 16.0 Å². The molecule has 0 aromatic heterocycles. The molecule has 0 bridgehead atoms. The summed E-state index contributed by atoms with van der Waals surface area (Å²) in [5, 5.41) is 9.08. The number of amides is 2. The SMILES string of the molecule is O=C1CCC(NC2CCCNCC2)C(=O)N1. The average molecular weight is 225 g/mol. The largest absolute Gasteiger partial charge is 0.317 e. The topological polar surface area (TPSA) is 70.2 Å². The van der Waals surface area contributed by atoms with E-state index >= 15 is 0 Å². The summed E-state index contributed by atoms with van der Waals surface area (Å²) < 4.78 is 0. The fraction of sp³-hybridized carbons (Fsp3) is 0.818. The van der Waals surface area contributed by atoms with Crippen molar-refractivity contribution >= 4 is 11.8 Å². The molecule has 2 heterocycles. The van der Waals surface area contributed by atoms with Crippen molar-refractivity contribution in [2.24, 2.45) is 0 Å². The van der Waals surface area contributed by atoms with Crippen LogP contribution in [-0.2, 0) is 9.59 Å². The number of hydrogen-bond acceptors (Lipinski definition) is 4. The van der Waals surface area contributed by atoms with Crippen molar-refractivity contribution < 1.29 is 9.59 Å². The van der Waals surface area contributed by atoms with Gasteiger partial charge in [0.15, 0.2) is 0 Å². The van der Waals surface area contributed by atoms with Gasteiger partial charge in [0.1, 0.15) is 0 Å². The quantitative estimate of drug-likeness (QED) is 0.555. The van der Waals surface area contributed by atoms with E-state index < -0.39 is 0 Å². The first-order valence-corrected chi connectivity index (χ1v) is 6.06. The molecule has 0 saturated carbocycles. The standard InChI is InChI=1S/C11H19N3O2/c15-10-4-3-9(11(16)14-10)13-8-2-1-6-12-7-5-8/h8-9,12-13H,1-7H2,(H,14,15,16). The van der Waals surface area contributed by atoms with Crippen molar-refractivity contribution in [3.63, 3.8) is 0 Å². The van der Waals surface area contributed by atoms with Gasteiger partial charge >= 0.3 is 0 Å². The highest BCUT2D eigenvalue weighted by molar-refractivity contribution is 6.00. The van der Waals surface area contributed by atoms with Crippen LogP contribution in [-0.4, -0.2) is 37.0 Å². The Balaban J connectivity index is 1.83. The predicted molar refractivity (Wildman–Crippen MR) is 59.8 cm³/mol. The molecule has 0 radical (unpaired) electrons. The molecule has 0 aliphatic carbocycles. The highest BCUT2D eigenvalue weighted by Gasteiger charge is 2.28. The minimum Gasteiger partial charge on any atom is -0.317 e. The van der Waals surface area contributed by atoms with Crippen LogP contribution in [0.2, 0.25) is 0 Å². The van der Waals surface area contributed by atoms with Gasteiger partial charge in [0.05, 0.1) is 6.04 Å².